The quantitative estimate of drug-likeness (QED) is 0.860. The number of amides is 2. The molecule has 1 aromatic heterocycles. The summed E-state index contributed by atoms with van der Waals surface area (Å²) in [5, 5.41) is 6.23. The predicted molar refractivity (Wildman–Crippen MR) is 90.4 cm³/mol. The van der Waals surface area contributed by atoms with Crippen LogP contribution in [0.3, 0.4) is 0 Å². The van der Waals surface area contributed by atoms with Crippen molar-refractivity contribution in [1.82, 2.24) is 10.6 Å². The minimum absolute atomic E-state index is 0.00118. The zero-order chi connectivity index (χ0) is 17.0. The molecule has 0 unspecified atom stereocenters. The van der Waals surface area contributed by atoms with Crippen molar-refractivity contribution >= 4 is 22.8 Å². The van der Waals surface area contributed by atoms with Gasteiger partial charge >= 0.3 is 0 Å². The minimum atomic E-state index is -0.189. The molecule has 2 rings (SSSR count). The number of likely N-dealkylation sites (N-methyl/N-ethyl adjacent to an activating group) is 1. The highest BCUT2D eigenvalue weighted by Gasteiger charge is 2.14. The molecule has 0 atom stereocenters. The smallest absolute Gasteiger partial charge is 0.239 e. The van der Waals surface area contributed by atoms with Gasteiger partial charge in [0.25, 0.3) is 0 Å². The Morgan fingerprint density at radius 2 is 1.91 bits per heavy atom. The summed E-state index contributed by atoms with van der Waals surface area (Å²) in [6, 6.07) is 4.12. The van der Waals surface area contributed by atoms with Crippen LogP contribution in [0.4, 0.5) is 0 Å². The molecule has 0 fully saturated rings. The van der Waals surface area contributed by atoms with Gasteiger partial charge in [0.1, 0.15) is 5.58 Å². The maximum atomic E-state index is 12.0. The van der Waals surface area contributed by atoms with Crippen LogP contribution in [0.2, 0.25) is 0 Å². The second kappa shape index (κ2) is 7.31. The van der Waals surface area contributed by atoms with Crippen LogP contribution in [0, 0.1) is 6.92 Å². The second-order valence-corrected chi connectivity index (χ2v) is 6.03. The lowest BCUT2D eigenvalue weighted by Gasteiger charge is -2.10. The van der Waals surface area contributed by atoms with Gasteiger partial charge in [0.15, 0.2) is 0 Å². The summed E-state index contributed by atoms with van der Waals surface area (Å²) in [5.74, 6) is 0.0370. The van der Waals surface area contributed by atoms with Gasteiger partial charge in [-0.25, -0.2) is 0 Å². The van der Waals surface area contributed by atoms with E-state index in [0.717, 1.165) is 16.5 Å². The van der Waals surface area contributed by atoms with Crippen LogP contribution < -0.4 is 10.6 Å². The molecule has 0 aliphatic heterocycles. The summed E-state index contributed by atoms with van der Waals surface area (Å²) in [6.45, 7) is 8.75. The van der Waals surface area contributed by atoms with Crippen molar-refractivity contribution in [1.29, 1.82) is 0 Å². The average Bonchev–Trinajstić information content (AvgIpc) is 2.86. The van der Waals surface area contributed by atoms with E-state index in [1.54, 1.807) is 6.26 Å². The van der Waals surface area contributed by atoms with Crippen LogP contribution in [0.25, 0.3) is 11.0 Å². The molecule has 1 heterocycles. The predicted octanol–water partition coefficient (Wildman–Crippen LogP) is 2.66. The van der Waals surface area contributed by atoms with Gasteiger partial charge in [-0.1, -0.05) is 13.8 Å². The summed E-state index contributed by atoms with van der Waals surface area (Å²) in [5.41, 5.74) is 4.07. The van der Waals surface area contributed by atoms with Gasteiger partial charge in [0.05, 0.1) is 19.2 Å². The topological polar surface area (TPSA) is 71.3 Å². The largest absolute Gasteiger partial charge is 0.464 e. The zero-order valence-electron chi connectivity index (χ0n) is 14.2. The molecule has 0 bridgehead atoms. The maximum Gasteiger partial charge on any atom is 0.239 e. The fourth-order valence-corrected chi connectivity index (χ4v) is 2.68. The highest BCUT2D eigenvalue weighted by atomic mass is 16.3. The van der Waals surface area contributed by atoms with Crippen molar-refractivity contribution in [2.24, 2.45) is 0 Å². The van der Waals surface area contributed by atoms with Gasteiger partial charge in [-0.3, -0.25) is 9.59 Å². The monoisotopic (exact) mass is 316 g/mol. The Bertz CT molecular complexity index is 716. The molecule has 2 amide bonds. The van der Waals surface area contributed by atoms with E-state index in [2.05, 4.69) is 37.5 Å². The number of furan rings is 1. The van der Waals surface area contributed by atoms with Crippen molar-refractivity contribution < 1.29 is 14.0 Å². The van der Waals surface area contributed by atoms with Gasteiger partial charge in [-0.15, -0.1) is 0 Å². The molecule has 0 radical (unpaired) electrons. The highest BCUT2D eigenvalue weighted by molar-refractivity contribution is 5.90. The molecule has 5 heteroatoms. The molecule has 0 aliphatic rings. The number of nitrogens with one attached hydrogen (secondary N) is 2. The van der Waals surface area contributed by atoms with E-state index in [4.69, 9.17) is 4.42 Å². The summed E-state index contributed by atoms with van der Waals surface area (Å²) in [4.78, 5) is 23.4. The molecular weight excluding hydrogens is 292 g/mol. The summed E-state index contributed by atoms with van der Waals surface area (Å²) in [7, 11) is 0. The SMILES string of the molecule is CCNC(=O)CNC(=O)Cc1coc2cc(C)c(C(C)C)cc12. The lowest BCUT2D eigenvalue weighted by atomic mass is 9.95. The van der Waals surface area contributed by atoms with Crippen molar-refractivity contribution in [3.05, 3.63) is 35.1 Å². The fraction of sp³-hybridized carbons (Fsp3) is 0.444. The molecule has 0 saturated heterocycles. The van der Waals surface area contributed by atoms with E-state index in [0.29, 0.717) is 12.5 Å². The lowest BCUT2D eigenvalue weighted by molar-refractivity contribution is -0.125. The summed E-state index contributed by atoms with van der Waals surface area (Å²) in [6.07, 6.45) is 1.83. The highest BCUT2D eigenvalue weighted by Crippen LogP contribution is 2.29. The summed E-state index contributed by atoms with van der Waals surface area (Å²) >= 11 is 0. The number of fused-ring (bicyclic) bond motifs is 1. The average molecular weight is 316 g/mol. The number of carbonyl (C=O) groups is 2. The molecule has 0 saturated carbocycles. The van der Waals surface area contributed by atoms with Gasteiger partial charge in [-0.2, -0.15) is 0 Å². The Balaban J connectivity index is 2.12. The van der Waals surface area contributed by atoms with Gasteiger partial charge in [-0.05, 0) is 43.0 Å². The third-order valence-electron chi connectivity index (χ3n) is 3.84. The van der Waals surface area contributed by atoms with Crippen LogP contribution in [-0.4, -0.2) is 24.9 Å². The van der Waals surface area contributed by atoms with E-state index in [1.807, 2.05) is 13.0 Å². The van der Waals surface area contributed by atoms with Crippen LogP contribution in [-0.2, 0) is 16.0 Å². The molecule has 124 valence electrons. The third-order valence-corrected chi connectivity index (χ3v) is 3.84. The first-order valence-electron chi connectivity index (χ1n) is 7.96. The Morgan fingerprint density at radius 3 is 2.57 bits per heavy atom. The van der Waals surface area contributed by atoms with Crippen LogP contribution in [0.1, 0.15) is 43.4 Å². The fourth-order valence-electron chi connectivity index (χ4n) is 2.68. The van der Waals surface area contributed by atoms with Gasteiger partial charge in [0, 0.05) is 17.5 Å². The van der Waals surface area contributed by atoms with Crippen molar-refractivity contribution in [3.63, 3.8) is 0 Å². The summed E-state index contributed by atoms with van der Waals surface area (Å²) < 4.78 is 5.57. The first-order chi connectivity index (χ1) is 10.9. The number of hydrogen-bond acceptors (Lipinski definition) is 3. The Hall–Kier alpha value is -2.30. The Labute approximate surface area is 136 Å². The first kappa shape index (κ1) is 17.1. The third kappa shape index (κ3) is 4.12. The molecule has 2 N–H and O–H groups in total. The lowest BCUT2D eigenvalue weighted by Crippen LogP contribution is -2.37. The van der Waals surface area contributed by atoms with Crippen LogP contribution >= 0.6 is 0 Å². The molecule has 23 heavy (non-hydrogen) atoms. The van der Waals surface area contributed by atoms with Crippen LogP contribution in [0.15, 0.2) is 22.8 Å². The number of carbonyl (C=O) groups excluding carboxylic acids is 2. The van der Waals surface area contributed by atoms with Crippen molar-refractivity contribution in [2.75, 3.05) is 13.1 Å². The van der Waals surface area contributed by atoms with Gasteiger partial charge < -0.3 is 15.1 Å². The normalized spacial score (nSPS) is 11.0. The van der Waals surface area contributed by atoms with E-state index in [-0.39, 0.29) is 24.8 Å². The van der Waals surface area contributed by atoms with E-state index in [1.165, 1.54) is 11.1 Å². The Kier molecular flexibility index (Phi) is 5.42. The van der Waals surface area contributed by atoms with E-state index in [9.17, 15) is 9.59 Å². The Morgan fingerprint density at radius 1 is 1.17 bits per heavy atom. The number of aryl methyl sites for hydroxylation is 1. The number of benzene rings is 1. The van der Waals surface area contributed by atoms with Crippen LogP contribution in [0.5, 0.6) is 0 Å². The van der Waals surface area contributed by atoms with Crippen molar-refractivity contribution in [2.45, 2.75) is 40.0 Å². The maximum absolute atomic E-state index is 12.0. The zero-order valence-corrected chi connectivity index (χ0v) is 14.2. The molecule has 5 nitrogen and oxygen atoms in total. The van der Waals surface area contributed by atoms with E-state index >= 15 is 0 Å². The molecule has 1 aromatic carbocycles. The standard InChI is InChI=1S/C18H24N2O3/c1-5-19-18(22)9-20-17(21)7-13-10-23-16-6-12(4)14(11(2)3)8-15(13)16/h6,8,10-11H,5,7,9H2,1-4H3,(H,19,22)(H,20,21). The van der Waals surface area contributed by atoms with Gasteiger partial charge in [0.2, 0.25) is 11.8 Å². The molecule has 0 aliphatic carbocycles. The molecule has 0 spiro atoms. The number of hydrogen-bond donors (Lipinski definition) is 2. The molecular formula is C18H24N2O3. The van der Waals surface area contributed by atoms with E-state index < -0.39 is 0 Å². The first-order valence-corrected chi connectivity index (χ1v) is 7.96. The van der Waals surface area contributed by atoms with Crippen molar-refractivity contribution in [3.8, 4) is 0 Å². The number of rotatable bonds is 6. The second-order valence-electron chi connectivity index (χ2n) is 6.03. The molecule has 2 aromatic rings. The minimum Gasteiger partial charge on any atom is -0.464 e.